The Kier molecular flexibility index (Phi) is 4.50. The van der Waals surface area contributed by atoms with Gasteiger partial charge in [0, 0.05) is 17.8 Å². The standard InChI is InChI=1S/C16H22N2O3/c1-16(2,3)17-15(20)21-11-14(19)18-10-6-8-12-7-4-5-9-13(12)18/h4-5,7,9H,6,8,10-11H2,1-3H3,(H,17,20). The van der Waals surface area contributed by atoms with Crippen molar-refractivity contribution >= 4 is 17.7 Å². The molecule has 0 atom stereocenters. The molecule has 5 heteroatoms. The zero-order chi connectivity index (χ0) is 15.5. The summed E-state index contributed by atoms with van der Waals surface area (Å²) in [6.07, 6.45) is 1.34. The van der Waals surface area contributed by atoms with Crippen LogP contribution >= 0.6 is 0 Å². The van der Waals surface area contributed by atoms with Gasteiger partial charge in [-0.05, 0) is 45.2 Å². The first-order valence-electron chi connectivity index (χ1n) is 7.20. The largest absolute Gasteiger partial charge is 0.439 e. The molecule has 1 N–H and O–H groups in total. The first kappa shape index (κ1) is 15.4. The molecule has 0 bridgehead atoms. The van der Waals surface area contributed by atoms with E-state index in [4.69, 9.17) is 4.74 Å². The monoisotopic (exact) mass is 290 g/mol. The Balaban J connectivity index is 1.95. The van der Waals surface area contributed by atoms with Crippen LogP contribution in [0.5, 0.6) is 0 Å². The average Bonchev–Trinajstić information content (AvgIpc) is 2.42. The van der Waals surface area contributed by atoms with Crippen LogP contribution in [-0.2, 0) is 16.0 Å². The van der Waals surface area contributed by atoms with Gasteiger partial charge in [0.2, 0.25) is 0 Å². The van der Waals surface area contributed by atoms with Crippen molar-refractivity contribution in [2.24, 2.45) is 0 Å². The summed E-state index contributed by atoms with van der Waals surface area (Å²) in [5.41, 5.74) is 1.71. The minimum atomic E-state index is -0.568. The summed E-state index contributed by atoms with van der Waals surface area (Å²) >= 11 is 0. The molecule has 2 rings (SSSR count). The minimum absolute atomic E-state index is 0.189. The highest BCUT2D eigenvalue weighted by atomic mass is 16.6. The van der Waals surface area contributed by atoms with Crippen molar-refractivity contribution in [3.8, 4) is 0 Å². The highest BCUT2D eigenvalue weighted by Gasteiger charge is 2.23. The lowest BCUT2D eigenvalue weighted by Crippen LogP contribution is -2.43. The molecular formula is C16H22N2O3. The molecule has 114 valence electrons. The van der Waals surface area contributed by atoms with Gasteiger partial charge in [-0.2, -0.15) is 0 Å². The number of carbonyl (C=O) groups excluding carboxylic acids is 2. The van der Waals surface area contributed by atoms with Crippen LogP contribution in [0.4, 0.5) is 10.5 Å². The predicted octanol–water partition coefficient (Wildman–Crippen LogP) is 2.49. The summed E-state index contributed by atoms with van der Waals surface area (Å²) < 4.78 is 5.01. The van der Waals surface area contributed by atoms with E-state index in [0.29, 0.717) is 6.54 Å². The third-order valence-electron chi connectivity index (χ3n) is 3.22. The summed E-state index contributed by atoms with van der Waals surface area (Å²) in [5, 5.41) is 2.66. The van der Waals surface area contributed by atoms with Gasteiger partial charge in [-0.15, -0.1) is 0 Å². The lowest BCUT2D eigenvalue weighted by Gasteiger charge is -2.29. The number of fused-ring (bicyclic) bond motifs is 1. The number of amides is 2. The summed E-state index contributed by atoms with van der Waals surface area (Å²) in [4.78, 5) is 25.5. The van der Waals surface area contributed by atoms with Crippen LogP contribution in [0.2, 0.25) is 0 Å². The molecule has 0 aromatic heterocycles. The first-order valence-corrected chi connectivity index (χ1v) is 7.20. The maximum atomic E-state index is 12.3. The van der Waals surface area contributed by atoms with Gasteiger partial charge in [-0.25, -0.2) is 4.79 Å². The van der Waals surface area contributed by atoms with Crippen molar-refractivity contribution in [3.63, 3.8) is 0 Å². The Bertz CT molecular complexity index is 535. The molecule has 0 radical (unpaired) electrons. The van der Waals surface area contributed by atoms with Gasteiger partial charge in [0.1, 0.15) is 0 Å². The Labute approximate surface area is 125 Å². The molecule has 0 saturated heterocycles. The zero-order valence-corrected chi connectivity index (χ0v) is 12.8. The third-order valence-corrected chi connectivity index (χ3v) is 3.22. The van der Waals surface area contributed by atoms with E-state index < -0.39 is 6.09 Å². The van der Waals surface area contributed by atoms with Gasteiger partial charge >= 0.3 is 6.09 Å². The molecule has 1 aliphatic heterocycles. The van der Waals surface area contributed by atoms with Crippen LogP contribution in [-0.4, -0.2) is 30.7 Å². The summed E-state index contributed by atoms with van der Waals surface area (Å²) in [7, 11) is 0. The molecule has 0 saturated carbocycles. The molecule has 21 heavy (non-hydrogen) atoms. The molecule has 1 aromatic carbocycles. The first-order chi connectivity index (χ1) is 9.87. The molecule has 2 amide bonds. The SMILES string of the molecule is CC(C)(C)NC(=O)OCC(=O)N1CCCc2ccccc21. The lowest BCUT2D eigenvalue weighted by molar-refractivity contribution is -0.121. The fourth-order valence-corrected chi connectivity index (χ4v) is 2.34. The minimum Gasteiger partial charge on any atom is -0.439 e. The summed E-state index contributed by atoms with van der Waals surface area (Å²) in [5.74, 6) is -0.189. The number of hydrogen-bond donors (Lipinski definition) is 1. The number of ether oxygens (including phenoxy) is 1. The van der Waals surface area contributed by atoms with Crippen LogP contribution in [0.25, 0.3) is 0 Å². The van der Waals surface area contributed by atoms with E-state index in [1.54, 1.807) is 4.90 Å². The van der Waals surface area contributed by atoms with E-state index in [9.17, 15) is 9.59 Å². The van der Waals surface area contributed by atoms with E-state index >= 15 is 0 Å². The highest BCUT2D eigenvalue weighted by molar-refractivity contribution is 5.96. The number of benzene rings is 1. The van der Waals surface area contributed by atoms with Crippen LogP contribution in [0.15, 0.2) is 24.3 Å². The number of anilines is 1. The molecule has 1 aromatic rings. The van der Waals surface area contributed by atoms with Crippen molar-refractivity contribution < 1.29 is 14.3 Å². The van der Waals surface area contributed by atoms with Crippen LogP contribution in [0.3, 0.4) is 0 Å². The van der Waals surface area contributed by atoms with Crippen molar-refractivity contribution in [2.75, 3.05) is 18.1 Å². The van der Waals surface area contributed by atoms with Crippen molar-refractivity contribution in [3.05, 3.63) is 29.8 Å². The molecule has 0 fully saturated rings. The van der Waals surface area contributed by atoms with Crippen molar-refractivity contribution in [2.45, 2.75) is 39.2 Å². The Morgan fingerprint density at radius 3 is 2.71 bits per heavy atom. The lowest BCUT2D eigenvalue weighted by atomic mass is 10.0. The maximum Gasteiger partial charge on any atom is 0.408 e. The fourth-order valence-electron chi connectivity index (χ4n) is 2.34. The van der Waals surface area contributed by atoms with E-state index in [0.717, 1.165) is 24.1 Å². The van der Waals surface area contributed by atoms with Gasteiger partial charge in [-0.1, -0.05) is 18.2 Å². The van der Waals surface area contributed by atoms with Gasteiger partial charge in [-0.3, -0.25) is 4.79 Å². The van der Waals surface area contributed by atoms with Gasteiger partial charge in [0.15, 0.2) is 6.61 Å². The number of hydrogen-bond acceptors (Lipinski definition) is 3. The van der Waals surface area contributed by atoms with Crippen LogP contribution < -0.4 is 10.2 Å². The second-order valence-corrected chi connectivity index (χ2v) is 6.23. The summed E-state index contributed by atoms with van der Waals surface area (Å²) in [6, 6.07) is 7.85. The molecule has 0 aliphatic carbocycles. The normalized spacial score (nSPS) is 14.3. The van der Waals surface area contributed by atoms with E-state index in [1.807, 2.05) is 45.0 Å². The Morgan fingerprint density at radius 2 is 2.00 bits per heavy atom. The van der Waals surface area contributed by atoms with E-state index in [2.05, 4.69) is 5.32 Å². The van der Waals surface area contributed by atoms with Crippen LogP contribution in [0, 0.1) is 0 Å². The second kappa shape index (κ2) is 6.16. The third kappa shape index (κ3) is 4.21. The molecule has 5 nitrogen and oxygen atoms in total. The number of nitrogens with zero attached hydrogens (tertiary/aromatic N) is 1. The Hall–Kier alpha value is -2.04. The predicted molar refractivity (Wildman–Crippen MR) is 81.4 cm³/mol. The number of aryl methyl sites for hydroxylation is 1. The smallest absolute Gasteiger partial charge is 0.408 e. The average molecular weight is 290 g/mol. The van der Waals surface area contributed by atoms with Crippen LogP contribution in [0.1, 0.15) is 32.8 Å². The zero-order valence-electron chi connectivity index (χ0n) is 12.8. The molecule has 1 aliphatic rings. The van der Waals surface area contributed by atoms with Gasteiger partial charge < -0.3 is 15.0 Å². The topological polar surface area (TPSA) is 58.6 Å². The molecule has 0 spiro atoms. The van der Waals surface area contributed by atoms with E-state index in [-0.39, 0.29) is 18.1 Å². The molecule has 1 heterocycles. The number of alkyl carbamates (subject to hydrolysis) is 1. The van der Waals surface area contributed by atoms with E-state index in [1.165, 1.54) is 0 Å². The number of carbonyl (C=O) groups is 2. The highest BCUT2D eigenvalue weighted by Crippen LogP contribution is 2.26. The summed E-state index contributed by atoms with van der Waals surface area (Å²) in [6.45, 7) is 6.00. The number of nitrogens with one attached hydrogen (secondary N) is 1. The quantitative estimate of drug-likeness (QED) is 0.910. The Morgan fingerprint density at radius 1 is 1.29 bits per heavy atom. The van der Waals surface area contributed by atoms with Gasteiger partial charge in [0.25, 0.3) is 5.91 Å². The number of rotatable bonds is 2. The van der Waals surface area contributed by atoms with Crippen molar-refractivity contribution in [1.82, 2.24) is 5.32 Å². The second-order valence-electron chi connectivity index (χ2n) is 6.23. The fraction of sp³-hybridized carbons (Fsp3) is 0.500. The van der Waals surface area contributed by atoms with Crippen molar-refractivity contribution in [1.29, 1.82) is 0 Å². The van der Waals surface area contributed by atoms with Gasteiger partial charge in [0.05, 0.1) is 0 Å². The molecule has 0 unspecified atom stereocenters. The molecular weight excluding hydrogens is 268 g/mol. The number of para-hydroxylation sites is 1. The maximum absolute atomic E-state index is 12.3.